The van der Waals surface area contributed by atoms with Crippen molar-refractivity contribution < 1.29 is 28.7 Å². The van der Waals surface area contributed by atoms with Crippen molar-refractivity contribution in [3.8, 4) is 5.75 Å². The zero-order chi connectivity index (χ0) is 24.7. The summed E-state index contributed by atoms with van der Waals surface area (Å²) in [5.74, 6) is -0.802. The first-order valence-corrected chi connectivity index (χ1v) is 11.4. The van der Waals surface area contributed by atoms with E-state index < -0.39 is 18.5 Å². The van der Waals surface area contributed by atoms with Crippen molar-refractivity contribution in [3.63, 3.8) is 0 Å². The van der Waals surface area contributed by atoms with Crippen LogP contribution >= 0.6 is 0 Å². The largest absolute Gasteiger partial charge is 0.484 e. The number of likely N-dealkylation sites (tertiary alicyclic amines) is 1. The lowest BCUT2D eigenvalue weighted by atomic mass is 9.97. The van der Waals surface area contributed by atoms with Crippen molar-refractivity contribution in [1.82, 2.24) is 4.90 Å². The van der Waals surface area contributed by atoms with Gasteiger partial charge < -0.3 is 19.7 Å². The van der Waals surface area contributed by atoms with Crippen LogP contribution in [0, 0.1) is 0 Å². The highest BCUT2D eigenvalue weighted by molar-refractivity contribution is 5.97. The summed E-state index contributed by atoms with van der Waals surface area (Å²) in [7, 11) is 0. The average molecular weight is 467 g/mol. The predicted molar refractivity (Wildman–Crippen MR) is 127 cm³/mol. The number of Topliss-reactive ketones (excluding diaryl/α,β-unsaturated/α-hetero) is 1. The first-order chi connectivity index (χ1) is 16.2. The second-order valence-corrected chi connectivity index (χ2v) is 8.50. The molecule has 8 nitrogen and oxygen atoms in total. The third-order valence-electron chi connectivity index (χ3n) is 5.84. The Bertz CT molecular complexity index is 1020. The Kier molecular flexibility index (Phi) is 8.40. The van der Waals surface area contributed by atoms with Gasteiger partial charge in [0.05, 0.1) is 5.56 Å². The Labute approximate surface area is 199 Å². The molecule has 1 heterocycles. The number of anilines is 1. The van der Waals surface area contributed by atoms with E-state index in [1.165, 1.54) is 19.1 Å². The van der Waals surface area contributed by atoms with Crippen LogP contribution in [0.4, 0.5) is 5.69 Å². The smallest absolute Gasteiger partial charge is 0.338 e. The van der Waals surface area contributed by atoms with E-state index in [4.69, 9.17) is 9.47 Å². The number of nitrogens with zero attached hydrogens (tertiary/aromatic N) is 1. The van der Waals surface area contributed by atoms with Gasteiger partial charge in [-0.25, -0.2) is 4.79 Å². The molecule has 1 fully saturated rings. The normalized spacial score (nSPS) is 17.6. The maximum atomic E-state index is 12.6. The van der Waals surface area contributed by atoms with Crippen LogP contribution in [-0.2, 0) is 14.3 Å². The monoisotopic (exact) mass is 466 g/mol. The molecule has 2 atom stereocenters. The van der Waals surface area contributed by atoms with Crippen molar-refractivity contribution in [3.05, 3.63) is 59.7 Å². The van der Waals surface area contributed by atoms with Gasteiger partial charge in [-0.3, -0.25) is 14.4 Å². The van der Waals surface area contributed by atoms with Gasteiger partial charge in [-0.05, 0) is 88.6 Å². The van der Waals surface area contributed by atoms with Crippen LogP contribution in [0.5, 0.6) is 5.75 Å². The van der Waals surface area contributed by atoms with Gasteiger partial charge in [-0.15, -0.1) is 0 Å². The third-order valence-corrected chi connectivity index (χ3v) is 5.84. The molecule has 0 aromatic heterocycles. The fourth-order valence-electron chi connectivity index (χ4n) is 4.02. The molecule has 180 valence electrons. The first-order valence-electron chi connectivity index (χ1n) is 11.4. The van der Waals surface area contributed by atoms with Gasteiger partial charge in [0.2, 0.25) is 0 Å². The van der Waals surface area contributed by atoms with E-state index in [-0.39, 0.29) is 35.9 Å². The molecular formula is C26H30N2O6. The number of piperidine rings is 1. The summed E-state index contributed by atoms with van der Waals surface area (Å²) in [6, 6.07) is 13.0. The van der Waals surface area contributed by atoms with Gasteiger partial charge in [0.15, 0.2) is 19.0 Å². The summed E-state index contributed by atoms with van der Waals surface area (Å²) in [5.41, 5.74) is 1.29. The number of ether oxygens (including phenoxy) is 2. The van der Waals surface area contributed by atoms with Gasteiger partial charge in [0.1, 0.15) is 5.75 Å². The highest BCUT2D eigenvalue weighted by Gasteiger charge is 2.29. The van der Waals surface area contributed by atoms with Crippen molar-refractivity contribution >= 4 is 29.3 Å². The first kappa shape index (κ1) is 25.0. The Balaban J connectivity index is 1.44. The van der Waals surface area contributed by atoms with E-state index in [1.54, 1.807) is 36.4 Å². The fraction of sp³-hybridized carbons (Fsp3) is 0.385. The van der Waals surface area contributed by atoms with Crippen molar-refractivity contribution in [2.45, 2.75) is 52.1 Å². The number of rotatable bonds is 8. The van der Waals surface area contributed by atoms with E-state index in [2.05, 4.69) is 19.2 Å². The topological polar surface area (TPSA) is 102 Å². The van der Waals surface area contributed by atoms with Crippen LogP contribution in [0.15, 0.2) is 48.5 Å². The van der Waals surface area contributed by atoms with Crippen LogP contribution in [0.2, 0.25) is 0 Å². The molecule has 3 rings (SSSR count). The summed E-state index contributed by atoms with van der Waals surface area (Å²) < 4.78 is 10.7. The highest BCUT2D eigenvalue weighted by Crippen LogP contribution is 2.23. The van der Waals surface area contributed by atoms with Crippen molar-refractivity contribution in [1.29, 1.82) is 0 Å². The quantitative estimate of drug-likeness (QED) is 0.468. The molecule has 2 unspecified atom stereocenters. The number of benzene rings is 2. The second-order valence-electron chi connectivity index (χ2n) is 8.50. The van der Waals surface area contributed by atoms with Gasteiger partial charge in [-0.1, -0.05) is 0 Å². The Morgan fingerprint density at radius 2 is 1.47 bits per heavy atom. The number of hydrogen-bond acceptors (Lipinski definition) is 6. The van der Waals surface area contributed by atoms with Crippen LogP contribution in [0.3, 0.4) is 0 Å². The maximum absolute atomic E-state index is 12.6. The minimum absolute atomic E-state index is 0.0508. The summed E-state index contributed by atoms with van der Waals surface area (Å²) in [5, 5.41) is 2.60. The third kappa shape index (κ3) is 6.66. The molecule has 1 saturated heterocycles. The van der Waals surface area contributed by atoms with Gasteiger partial charge in [0.25, 0.3) is 11.8 Å². The SMILES string of the molecule is CC(=O)c1ccc(NC(=O)COC(=O)c2ccc(OCC(=O)N3C(C)CCCC3C)cc2)cc1. The summed E-state index contributed by atoms with van der Waals surface area (Å²) in [4.78, 5) is 50.0. The summed E-state index contributed by atoms with van der Waals surface area (Å²) in [6.45, 7) is 5.05. The average Bonchev–Trinajstić information content (AvgIpc) is 2.82. The van der Waals surface area contributed by atoms with Crippen LogP contribution < -0.4 is 10.1 Å². The van der Waals surface area contributed by atoms with Gasteiger partial charge in [-0.2, -0.15) is 0 Å². The molecule has 34 heavy (non-hydrogen) atoms. The molecule has 0 spiro atoms. The molecular weight excluding hydrogens is 436 g/mol. The number of esters is 1. The molecule has 0 radical (unpaired) electrons. The Morgan fingerprint density at radius 1 is 0.882 bits per heavy atom. The molecule has 8 heteroatoms. The van der Waals surface area contributed by atoms with E-state index in [0.29, 0.717) is 17.0 Å². The van der Waals surface area contributed by atoms with Gasteiger partial charge >= 0.3 is 5.97 Å². The standard InChI is InChI=1S/C26H30N2O6/c1-17-5-4-6-18(2)28(17)25(31)16-33-23-13-9-21(10-14-23)26(32)34-15-24(30)27-22-11-7-20(8-12-22)19(3)29/h7-14,17-18H,4-6,15-16H2,1-3H3,(H,27,30). The van der Waals surface area contributed by atoms with Crippen LogP contribution in [0.1, 0.15) is 60.7 Å². The predicted octanol–water partition coefficient (Wildman–Crippen LogP) is 3.85. The number of amides is 2. The molecule has 2 amide bonds. The minimum Gasteiger partial charge on any atom is -0.484 e. The zero-order valence-electron chi connectivity index (χ0n) is 19.7. The molecule has 1 aliphatic heterocycles. The molecule has 0 bridgehead atoms. The van der Waals surface area contributed by atoms with E-state index >= 15 is 0 Å². The Hall–Kier alpha value is -3.68. The number of ketones is 1. The lowest BCUT2D eigenvalue weighted by Crippen LogP contribution is -2.49. The van der Waals surface area contributed by atoms with Crippen molar-refractivity contribution in [2.75, 3.05) is 18.5 Å². The highest BCUT2D eigenvalue weighted by atomic mass is 16.5. The molecule has 2 aromatic rings. The van der Waals surface area contributed by atoms with Gasteiger partial charge in [0, 0.05) is 23.3 Å². The number of carbonyl (C=O) groups is 4. The zero-order valence-corrected chi connectivity index (χ0v) is 19.7. The molecule has 1 N–H and O–H groups in total. The number of nitrogens with one attached hydrogen (secondary N) is 1. The lowest BCUT2D eigenvalue weighted by molar-refractivity contribution is -0.139. The van der Waals surface area contributed by atoms with Crippen molar-refractivity contribution in [2.24, 2.45) is 0 Å². The summed E-state index contributed by atoms with van der Waals surface area (Å²) >= 11 is 0. The molecule has 0 aliphatic carbocycles. The number of hydrogen-bond donors (Lipinski definition) is 1. The lowest BCUT2D eigenvalue weighted by Gasteiger charge is -2.38. The maximum Gasteiger partial charge on any atom is 0.338 e. The van der Waals surface area contributed by atoms with E-state index in [1.807, 2.05) is 4.90 Å². The van der Waals surface area contributed by atoms with Crippen LogP contribution in [-0.4, -0.2) is 53.8 Å². The Morgan fingerprint density at radius 3 is 2.06 bits per heavy atom. The number of carbonyl (C=O) groups excluding carboxylic acids is 4. The molecule has 0 saturated carbocycles. The molecule has 2 aromatic carbocycles. The fourth-order valence-corrected chi connectivity index (χ4v) is 4.02. The van der Waals surface area contributed by atoms with Crippen LogP contribution in [0.25, 0.3) is 0 Å². The second kappa shape index (κ2) is 11.4. The van der Waals surface area contributed by atoms with E-state index in [9.17, 15) is 19.2 Å². The minimum atomic E-state index is -0.652. The van der Waals surface area contributed by atoms with E-state index in [0.717, 1.165) is 19.3 Å². The summed E-state index contributed by atoms with van der Waals surface area (Å²) in [6.07, 6.45) is 3.12. The molecule has 1 aliphatic rings.